The second-order valence-corrected chi connectivity index (χ2v) is 11.8. The number of nitrogens with zero attached hydrogens (tertiary/aromatic N) is 1. The van der Waals surface area contributed by atoms with Gasteiger partial charge in [0.1, 0.15) is 0 Å². The molecule has 0 fully saturated rings. The van der Waals surface area contributed by atoms with Crippen LogP contribution in [0.1, 0.15) is 34.5 Å². The van der Waals surface area contributed by atoms with Crippen LogP contribution in [-0.4, -0.2) is 36.0 Å². The fourth-order valence-corrected chi connectivity index (χ4v) is 5.14. The summed E-state index contributed by atoms with van der Waals surface area (Å²) in [5.74, 6) is -0.448. The number of anilines is 1. The molecule has 1 atom stereocenters. The zero-order chi connectivity index (χ0) is 24.4. The smallest absolute Gasteiger partial charge is 0.264 e. The van der Waals surface area contributed by atoms with Crippen LogP contribution in [0.4, 0.5) is 5.69 Å². The first-order valence-electron chi connectivity index (χ1n) is 10.2. The van der Waals surface area contributed by atoms with Crippen molar-refractivity contribution < 1.29 is 21.6 Å². The van der Waals surface area contributed by atoms with Gasteiger partial charge in [0.25, 0.3) is 15.9 Å². The van der Waals surface area contributed by atoms with Gasteiger partial charge < -0.3 is 5.32 Å². The third-order valence-electron chi connectivity index (χ3n) is 5.32. The Morgan fingerprint density at radius 2 is 1.39 bits per heavy atom. The molecule has 3 aromatic rings. The quantitative estimate of drug-likeness (QED) is 0.549. The Labute approximate surface area is 195 Å². The molecular formula is C24H26N2O5S2. The predicted molar refractivity (Wildman–Crippen MR) is 129 cm³/mol. The van der Waals surface area contributed by atoms with Crippen LogP contribution in [0, 0.1) is 6.92 Å². The lowest BCUT2D eigenvalue weighted by atomic mass is 10.1. The monoisotopic (exact) mass is 486 g/mol. The molecule has 3 rings (SSSR count). The number of rotatable bonds is 7. The Kier molecular flexibility index (Phi) is 6.94. The molecule has 3 aromatic carbocycles. The third kappa shape index (κ3) is 5.43. The lowest BCUT2D eigenvalue weighted by Gasteiger charge is -2.23. The molecule has 0 aromatic heterocycles. The summed E-state index contributed by atoms with van der Waals surface area (Å²) >= 11 is 0. The molecule has 1 amide bonds. The van der Waals surface area contributed by atoms with Gasteiger partial charge in [-0.1, -0.05) is 42.0 Å². The van der Waals surface area contributed by atoms with E-state index in [0.717, 1.165) is 16.1 Å². The normalized spacial score (nSPS) is 12.7. The fourth-order valence-electron chi connectivity index (χ4n) is 3.30. The molecule has 9 heteroatoms. The van der Waals surface area contributed by atoms with Crippen molar-refractivity contribution in [2.45, 2.75) is 29.7 Å². The van der Waals surface area contributed by atoms with E-state index in [1.807, 2.05) is 6.92 Å². The average molecular weight is 487 g/mol. The Bertz CT molecular complexity index is 1370. The van der Waals surface area contributed by atoms with E-state index in [2.05, 4.69) is 5.32 Å². The van der Waals surface area contributed by atoms with Crippen LogP contribution < -0.4 is 9.62 Å². The first kappa shape index (κ1) is 24.5. The van der Waals surface area contributed by atoms with Gasteiger partial charge in [0.05, 0.1) is 27.1 Å². The van der Waals surface area contributed by atoms with Gasteiger partial charge in [-0.15, -0.1) is 0 Å². The second kappa shape index (κ2) is 9.36. The molecule has 0 unspecified atom stereocenters. The summed E-state index contributed by atoms with van der Waals surface area (Å²) in [4.78, 5) is 13.4. The number of hydrogen-bond donors (Lipinski definition) is 1. The van der Waals surface area contributed by atoms with Gasteiger partial charge in [-0.2, -0.15) is 0 Å². The summed E-state index contributed by atoms with van der Waals surface area (Å²) in [6.45, 7) is 3.64. The van der Waals surface area contributed by atoms with Crippen LogP contribution in [0.2, 0.25) is 0 Å². The van der Waals surface area contributed by atoms with Crippen LogP contribution in [0.15, 0.2) is 82.6 Å². The van der Waals surface area contributed by atoms with Gasteiger partial charge in [-0.25, -0.2) is 16.8 Å². The van der Waals surface area contributed by atoms with E-state index in [1.54, 1.807) is 55.5 Å². The van der Waals surface area contributed by atoms with Crippen molar-refractivity contribution in [2.24, 2.45) is 0 Å². The van der Waals surface area contributed by atoms with Crippen LogP contribution in [0.25, 0.3) is 0 Å². The van der Waals surface area contributed by atoms with Crippen molar-refractivity contribution in [1.82, 2.24) is 5.32 Å². The highest BCUT2D eigenvalue weighted by atomic mass is 32.2. The number of sulfone groups is 1. The Morgan fingerprint density at radius 3 is 1.97 bits per heavy atom. The number of para-hydroxylation sites is 1. The second-order valence-electron chi connectivity index (χ2n) is 7.84. The minimum Gasteiger partial charge on any atom is -0.345 e. The molecular weight excluding hydrogens is 460 g/mol. The van der Waals surface area contributed by atoms with Gasteiger partial charge in [-0.3, -0.25) is 9.10 Å². The molecule has 0 aliphatic heterocycles. The van der Waals surface area contributed by atoms with Gasteiger partial charge in [0, 0.05) is 13.3 Å². The molecule has 0 radical (unpaired) electrons. The zero-order valence-corrected chi connectivity index (χ0v) is 20.4. The molecule has 0 saturated heterocycles. The topological polar surface area (TPSA) is 101 Å². The molecule has 0 aliphatic carbocycles. The molecule has 0 aliphatic rings. The Morgan fingerprint density at radius 1 is 0.848 bits per heavy atom. The molecule has 7 nitrogen and oxygen atoms in total. The highest BCUT2D eigenvalue weighted by molar-refractivity contribution is 7.92. The van der Waals surface area contributed by atoms with Crippen molar-refractivity contribution in [3.8, 4) is 0 Å². The maximum absolute atomic E-state index is 13.1. The minimum absolute atomic E-state index is 0.130. The molecule has 0 bridgehead atoms. The Balaban J connectivity index is 1.86. The van der Waals surface area contributed by atoms with Crippen molar-refractivity contribution in [1.29, 1.82) is 0 Å². The van der Waals surface area contributed by atoms with E-state index < -0.39 is 31.8 Å². The molecule has 0 spiro atoms. The molecule has 174 valence electrons. The van der Waals surface area contributed by atoms with Crippen molar-refractivity contribution >= 4 is 31.5 Å². The summed E-state index contributed by atoms with van der Waals surface area (Å²) in [5.41, 5.74) is 2.11. The lowest BCUT2D eigenvalue weighted by molar-refractivity contribution is 0.0940. The van der Waals surface area contributed by atoms with E-state index in [1.165, 1.54) is 31.3 Å². The third-order valence-corrected chi connectivity index (χ3v) is 8.24. The summed E-state index contributed by atoms with van der Waals surface area (Å²) in [6.07, 6.45) is 1.13. The van der Waals surface area contributed by atoms with E-state index in [9.17, 15) is 21.6 Å². The molecule has 0 heterocycles. The number of amides is 1. The van der Waals surface area contributed by atoms with Gasteiger partial charge in [0.2, 0.25) is 0 Å². The number of aryl methyl sites for hydroxylation is 1. The van der Waals surface area contributed by atoms with E-state index in [-0.39, 0.29) is 21.0 Å². The van der Waals surface area contributed by atoms with Crippen LogP contribution in [0.3, 0.4) is 0 Å². The SMILES string of the molecule is Cc1ccc(S(=O)(=O)N(C)c2ccccc2C(=O)N[C@H](C)c2ccc(S(C)(=O)=O)cc2)cc1. The molecule has 1 N–H and O–H groups in total. The van der Waals surface area contributed by atoms with Crippen LogP contribution >= 0.6 is 0 Å². The van der Waals surface area contributed by atoms with Crippen molar-refractivity contribution in [3.05, 3.63) is 89.5 Å². The van der Waals surface area contributed by atoms with E-state index >= 15 is 0 Å². The van der Waals surface area contributed by atoms with Gasteiger partial charge in [-0.05, 0) is 55.8 Å². The van der Waals surface area contributed by atoms with E-state index in [4.69, 9.17) is 0 Å². The van der Waals surface area contributed by atoms with Crippen LogP contribution in [-0.2, 0) is 19.9 Å². The average Bonchev–Trinajstić information content (AvgIpc) is 2.78. The summed E-state index contributed by atoms with van der Waals surface area (Å²) < 4.78 is 50.6. The number of nitrogens with one attached hydrogen (secondary N) is 1. The predicted octanol–water partition coefficient (Wildman–Crippen LogP) is 3.71. The standard InChI is InChI=1S/C24H26N2O5S2/c1-17-9-13-21(14-10-17)33(30,31)26(3)23-8-6-5-7-22(23)24(27)25-18(2)19-11-15-20(16-12-19)32(4,28)29/h5-16,18H,1-4H3,(H,25,27)/t18-/m1/s1. The van der Waals surface area contributed by atoms with Gasteiger partial charge >= 0.3 is 0 Å². The highest BCUT2D eigenvalue weighted by Crippen LogP contribution is 2.26. The van der Waals surface area contributed by atoms with Crippen LogP contribution in [0.5, 0.6) is 0 Å². The first-order chi connectivity index (χ1) is 15.4. The van der Waals surface area contributed by atoms with Gasteiger partial charge in [0.15, 0.2) is 9.84 Å². The summed E-state index contributed by atoms with van der Waals surface area (Å²) in [7, 11) is -5.77. The van der Waals surface area contributed by atoms with Crippen molar-refractivity contribution in [3.63, 3.8) is 0 Å². The Hall–Kier alpha value is -3.17. The summed E-state index contributed by atoms with van der Waals surface area (Å²) in [6, 6.07) is 18.8. The molecule has 33 heavy (non-hydrogen) atoms. The number of carbonyl (C=O) groups excluding carboxylic acids is 1. The number of carbonyl (C=O) groups is 1. The minimum atomic E-state index is -3.87. The number of sulfonamides is 1. The fraction of sp³-hybridized carbons (Fsp3) is 0.208. The zero-order valence-electron chi connectivity index (χ0n) is 18.8. The van der Waals surface area contributed by atoms with Crippen molar-refractivity contribution in [2.75, 3.05) is 17.6 Å². The van der Waals surface area contributed by atoms with E-state index in [0.29, 0.717) is 5.56 Å². The summed E-state index contributed by atoms with van der Waals surface area (Å²) in [5, 5.41) is 2.85. The number of hydrogen-bond acceptors (Lipinski definition) is 5. The highest BCUT2D eigenvalue weighted by Gasteiger charge is 2.25. The maximum Gasteiger partial charge on any atom is 0.264 e. The lowest BCUT2D eigenvalue weighted by Crippen LogP contribution is -2.31. The largest absolute Gasteiger partial charge is 0.345 e. The first-order valence-corrected chi connectivity index (χ1v) is 13.5. The maximum atomic E-state index is 13.1. The molecule has 0 saturated carbocycles. The number of benzene rings is 3.